The first-order valence-corrected chi connectivity index (χ1v) is 5.30. The third-order valence-corrected chi connectivity index (χ3v) is 3.75. The average molecular weight is 201 g/mol. The maximum absolute atomic E-state index is 6.10. The average Bonchev–Trinajstić information content (AvgIpc) is 2.63. The van der Waals surface area contributed by atoms with Crippen LogP contribution in [-0.4, -0.2) is 16.2 Å². The maximum atomic E-state index is 6.10. The van der Waals surface area contributed by atoms with E-state index in [9.17, 15) is 0 Å². The Morgan fingerprint density at radius 2 is 2.13 bits per heavy atom. The molecule has 0 aliphatic heterocycles. The highest BCUT2D eigenvalue weighted by molar-refractivity contribution is 5.82. The topological polar surface area (TPSA) is 54.7 Å². The third kappa shape index (κ3) is 1.07. The number of rotatable bonds is 1. The van der Waals surface area contributed by atoms with Crippen LogP contribution >= 0.6 is 0 Å². The van der Waals surface area contributed by atoms with Gasteiger partial charge in [0.05, 0.1) is 11.7 Å². The molecule has 1 aliphatic carbocycles. The first-order chi connectivity index (χ1) is 7.12. The first kappa shape index (κ1) is 8.92. The van der Waals surface area contributed by atoms with Crippen molar-refractivity contribution in [3.8, 4) is 0 Å². The molecule has 1 aromatic heterocycles. The number of benzene rings is 1. The molecule has 15 heavy (non-hydrogen) atoms. The molecular weight excluding hydrogens is 186 g/mol. The van der Waals surface area contributed by atoms with Crippen molar-refractivity contribution in [2.75, 3.05) is 0 Å². The van der Waals surface area contributed by atoms with E-state index in [0.717, 1.165) is 5.52 Å². The van der Waals surface area contributed by atoms with E-state index < -0.39 is 0 Å². The zero-order valence-electron chi connectivity index (χ0n) is 8.99. The largest absolute Gasteiger partial charge is 0.327 e. The molecule has 2 aromatic rings. The summed E-state index contributed by atoms with van der Waals surface area (Å²) in [5.74, 6) is 0.460. The predicted octanol–water partition coefficient (Wildman–Crippen LogP) is 2.01. The van der Waals surface area contributed by atoms with Gasteiger partial charge in [0.1, 0.15) is 0 Å². The monoisotopic (exact) mass is 201 g/mol. The van der Waals surface area contributed by atoms with Crippen LogP contribution in [0.4, 0.5) is 0 Å². The Bertz CT molecular complexity index is 512. The molecule has 3 nitrogen and oxygen atoms in total. The molecular formula is C12H15N3. The molecule has 2 unspecified atom stereocenters. The number of fused-ring (bicyclic) bond motifs is 1. The molecule has 1 heterocycles. The standard InChI is InChI=1S/C12H15N3/c1-12(2)9(11(12)13)8-5-3-4-7-6-14-15-10(7)8/h3-6,9,11H,13H2,1-2H3,(H,14,15). The fourth-order valence-corrected chi connectivity index (χ4v) is 2.52. The van der Waals surface area contributed by atoms with Crippen LogP contribution < -0.4 is 5.73 Å². The summed E-state index contributed by atoms with van der Waals surface area (Å²) in [6, 6.07) is 6.57. The van der Waals surface area contributed by atoms with E-state index in [1.165, 1.54) is 10.9 Å². The summed E-state index contributed by atoms with van der Waals surface area (Å²) in [5, 5.41) is 8.31. The van der Waals surface area contributed by atoms with Gasteiger partial charge >= 0.3 is 0 Å². The first-order valence-electron chi connectivity index (χ1n) is 5.30. The number of para-hydroxylation sites is 1. The van der Waals surface area contributed by atoms with Gasteiger partial charge in [0.2, 0.25) is 0 Å². The van der Waals surface area contributed by atoms with Crippen molar-refractivity contribution in [1.82, 2.24) is 10.2 Å². The lowest BCUT2D eigenvalue weighted by Crippen LogP contribution is -2.06. The van der Waals surface area contributed by atoms with E-state index >= 15 is 0 Å². The van der Waals surface area contributed by atoms with Gasteiger partial charge in [-0.15, -0.1) is 0 Å². The quantitative estimate of drug-likeness (QED) is 0.741. The number of H-pyrrole nitrogens is 1. The minimum atomic E-state index is 0.222. The van der Waals surface area contributed by atoms with Gasteiger partial charge in [0.25, 0.3) is 0 Å². The van der Waals surface area contributed by atoms with Crippen LogP contribution in [0.1, 0.15) is 25.3 Å². The van der Waals surface area contributed by atoms with Crippen LogP contribution in [0.2, 0.25) is 0 Å². The van der Waals surface area contributed by atoms with E-state index in [1.54, 1.807) is 0 Å². The smallest absolute Gasteiger partial charge is 0.0685 e. The van der Waals surface area contributed by atoms with E-state index in [-0.39, 0.29) is 11.5 Å². The summed E-state index contributed by atoms with van der Waals surface area (Å²) in [6.45, 7) is 4.44. The lowest BCUT2D eigenvalue weighted by atomic mass is 10.0. The molecule has 0 amide bonds. The molecule has 0 radical (unpaired) electrons. The van der Waals surface area contributed by atoms with Crippen molar-refractivity contribution in [3.05, 3.63) is 30.0 Å². The van der Waals surface area contributed by atoms with Gasteiger partial charge in [-0.1, -0.05) is 32.0 Å². The lowest BCUT2D eigenvalue weighted by molar-refractivity contribution is 0.600. The van der Waals surface area contributed by atoms with Gasteiger partial charge in [0, 0.05) is 17.3 Å². The number of nitrogens with two attached hydrogens (primary N) is 1. The molecule has 0 spiro atoms. The van der Waals surface area contributed by atoms with Crippen molar-refractivity contribution >= 4 is 10.9 Å². The third-order valence-electron chi connectivity index (χ3n) is 3.75. The maximum Gasteiger partial charge on any atom is 0.0685 e. The van der Waals surface area contributed by atoms with E-state index in [4.69, 9.17) is 5.73 Å². The van der Waals surface area contributed by atoms with Crippen LogP contribution in [-0.2, 0) is 0 Å². The Hall–Kier alpha value is -1.35. The Morgan fingerprint density at radius 3 is 2.80 bits per heavy atom. The molecule has 3 heteroatoms. The highest BCUT2D eigenvalue weighted by Gasteiger charge is 2.56. The molecule has 3 rings (SSSR count). The Kier molecular flexibility index (Phi) is 1.55. The number of aromatic amines is 1. The fourth-order valence-electron chi connectivity index (χ4n) is 2.52. The number of nitrogens with one attached hydrogen (secondary N) is 1. The summed E-state index contributed by atoms with van der Waals surface area (Å²) in [7, 11) is 0. The van der Waals surface area contributed by atoms with Crippen LogP contribution in [0.25, 0.3) is 10.9 Å². The highest BCUT2D eigenvalue weighted by atomic mass is 15.1. The zero-order valence-corrected chi connectivity index (χ0v) is 8.99. The molecule has 0 saturated heterocycles. The molecule has 1 aliphatic rings. The van der Waals surface area contributed by atoms with Crippen LogP contribution in [0.5, 0.6) is 0 Å². The minimum absolute atomic E-state index is 0.222. The summed E-state index contributed by atoms with van der Waals surface area (Å²) in [4.78, 5) is 0. The summed E-state index contributed by atoms with van der Waals surface area (Å²) in [6.07, 6.45) is 1.86. The molecule has 2 atom stereocenters. The van der Waals surface area contributed by atoms with Gasteiger partial charge in [-0.25, -0.2) is 0 Å². The second-order valence-electron chi connectivity index (χ2n) is 5.01. The van der Waals surface area contributed by atoms with Gasteiger partial charge < -0.3 is 5.73 Å². The molecule has 0 bridgehead atoms. The molecule has 78 valence electrons. The van der Waals surface area contributed by atoms with Crippen molar-refractivity contribution in [2.45, 2.75) is 25.8 Å². The summed E-state index contributed by atoms with van der Waals surface area (Å²) >= 11 is 0. The molecule has 1 fully saturated rings. The zero-order chi connectivity index (χ0) is 10.6. The van der Waals surface area contributed by atoms with E-state index in [1.807, 2.05) is 6.20 Å². The van der Waals surface area contributed by atoms with Crippen molar-refractivity contribution in [1.29, 1.82) is 0 Å². The van der Waals surface area contributed by atoms with Crippen LogP contribution in [0, 0.1) is 5.41 Å². The normalized spacial score (nSPS) is 28.2. The van der Waals surface area contributed by atoms with Gasteiger partial charge in [-0.05, 0) is 11.0 Å². The van der Waals surface area contributed by atoms with Crippen LogP contribution in [0.15, 0.2) is 24.4 Å². The van der Waals surface area contributed by atoms with Crippen molar-refractivity contribution < 1.29 is 0 Å². The minimum Gasteiger partial charge on any atom is -0.327 e. The number of hydrogen-bond donors (Lipinski definition) is 2. The fraction of sp³-hybridized carbons (Fsp3) is 0.417. The number of hydrogen-bond acceptors (Lipinski definition) is 2. The SMILES string of the molecule is CC1(C)C(N)C1c1cccc2cn[nH]c12. The lowest BCUT2D eigenvalue weighted by Gasteiger charge is -2.03. The Labute approximate surface area is 88.7 Å². The Balaban J connectivity index is 2.17. The van der Waals surface area contributed by atoms with E-state index in [0.29, 0.717) is 5.92 Å². The number of nitrogens with zero attached hydrogens (tertiary/aromatic N) is 1. The molecule has 3 N–H and O–H groups in total. The van der Waals surface area contributed by atoms with Gasteiger partial charge in [0.15, 0.2) is 0 Å². The Morgan fingerprint density at radius 1 is 1.40 bits per heavy atom. The summed E-state index contributed by atoms with van der Waals surface area (Å²) in [5.41, 5.74) is 8.77. The molecule has 1 saturated carbocycles. The number of aromatic nitrogens is 2. The second-order valence-corrected chi connectivity index (χ2v) is 5.01. The summed E-state index contributed by atoms with van der Waals surface area (Å²) < 4.78 is 0. The second kappa shape index (κ2) is 2.61. The molecule has 1 aromatic carbocycles. The predicted molar refractivity (Wildman–Crippen MR) is 60.6 cm³/mol. The van der Waals surface area contributed by atoms with E-state index in [2.05, 4.69) is 42.2 Å². The van der Waals surface area contributed by atoms with Crippen molar-refractivity contribution in [3.63, 3.8) is 0 Å². The van der Waals surface area contributed by atoms with Crippen LogP contribution in [0.3, 0.4) is 0 Å². The van der Waals surface area contributed by atoms with Gasteiger partial charge in [-0.2, -0.15) is 5.10 Å². The highest BCUT2D eigenvalue weighted by Crippen LogP contribution is 2.58. The van der Waals surface area contributed by atoms with Crippen molar-refractivity contribution in [2.24, 2.45) is 11.1 Å². The van der Waals surface area contributed by atoms with Gasteiger partial charge in [-0.3, -0.25) is 5.10 Å².